The highest BCUT2D eigenvalue weighted by molar-refractivity contribution is 7.88. The van der Waals surface area contributed by atoms with Gasteiger partial charge in [-0.05, 0) is 61.3 Å². The zero-order valence-electron chi connectivity index (χ0n) is 18.0. The van der Waals surface area contributed by atoms with Crippen LogP contribution in [0.3, 0.4) is 0 Å². The molecule has 1 amide bonds. The van der Waals surface area contributed by atoms with E-state index in [0.717, 1.165) is 36.0 Å². The SMILES string of the molecule is Cc1cccc([C@@H]2C[C@H]2C(=O)N2CCC[C@H](NS(C)(=O)=O)CC2)c1-c1ccccc1F. The van der Waals surface area contributed by atoms with Crippen LogP contribution in [-0.2, 0) is 14.8 Å². The minimum absolute atomic E-state index is 0.0910. The maximum Gasteiger partial charge on any atom is 0.226 e. The van der Waals surface area contributed by atoms with Gasteiger partial charge >= 0.3 is 0 Å². The molecule has 4 rings (SSSR count). The minimum atomic E-state index is -3.25. The Morgan fingerprint density at radius 2 is 1.87 bits per heavy atom. The molecule has 2 aliphatic rings. The van der Waals surface area contributed by atoms with Crippen molar-refractivity contribution in [2.75, 3.05) is 19.3 Å². The van der Waals surface area contributed by atoms with E-state index in [4.69, 9.17) is 0 Å². The van der Waals surface area contributed by atoms with Gasteiger partial charge in [0.25, 0.3) is 0 Å². The van der Waals surface area contributed by atoms with E-state index in [0.29, 0.717) is 25.1 Å². The van der Waals surface area contributed by atoms with Crippen LogP contribution in [0.15, 0.2) is 42.5 Å². The first-order chi connectivity index (χ1) is 14.7. The molecule has 166 valence electrons. The van der Waals surface area contributed by atoms with Crippen molar-refractivity contribution in [1.29, 1.82) is 0 Å². The molecular formula is C24H29FN2O3S. The number of sulfonamides is 1. The molecule has 2 aromatic carbocycles. The molecule has 2 fully saturated rings. The Hall–Kier alpha value is -2.25. The van der Waals surface area contributed by atoms with Gasteiger partial charge in [0.15, 0.2) is 0 Å². The van der Waals surface area contributed by atoms with Crippen LogP contribution in [0.25, 0.3) is 11.1 Å². The lowest BCUT2D eigenvalue weighted by molar-refractivity contribution is -0.132. The van der Waals surface area contributed by atoms with Crippen molar-refractivity contribution >= 4 is 15.9 Å². The Kier molecular flexibility index (Phi) is 6.17. The van der Waals surface area contributed by atoms with E-state index in [1.165, 1.54) is 12.3 Å². The van der Waals surface area contributed by atoms with Crippen LogP contribution in [-0.4, -0.2) is 44.6 Å². The van der Waals surface area contributed by atoms with E-state index in [1.807, 2.05) is 36.1 Å². The van der Waals surface area contributed by atoms with Gasteiger partial charge in [-0.15, -0.1) is 0 Å². The van der Waals surface area contributed by atoms with Crippen LogP contribution in [0, 0.1) is 18.7 Å². The van der Waals surface area contributed by atoms with E-state index < -0.39 is 10.0 Å². The number of nitrogens with zero attached hydrogens (tertiary/aromatic N) is 1. The van der Waals surface area contributed by atoms with Crippen LogP contribution in [0.1, 0.15) is 42.7 Å². The molecule has 1 saturated carbocycles. The summed E-state index contributed by atoms with van der Waals surface area (Å²) in [5.74, 6) is -0.119. The lowest BCUT2D eigenvalue weighted by Gasteiger charge is -2.21. The predicted octanol–water partition coefficient (Wildman–Crippen LogP) is 3.83. The zero-order valence-corrected chi connectivity index (χ0v) is 18.8. The lowest BCUT2D eigenvalue weighted by atomic mass is 9.91. The highest BCUT2D eigenvalue weighted by atomic mass is 32.2. The van der Waals surface area contributed by atoms with Crippen molar-refractivity contribution in [3.63, 3.8) is 0 Å². The maximum absolute atomic E-state index is 14.5. The second-order valence-electron chi connectivity index (χ2n) is 8.81. The fourth-order valence-corrected chi connectivity index (χ4v) is 5.66. The molecule has 1 aliphatic carbocycles. The molecule has 7 heteroatoms. The Bertz CT molecular complexity index is 1090. The smallest absolute Gasteiger partial charge is 0.226 e. The number of rotatable bonds is 5. The summed E-state index contributed by atoms with van der Waals surface area (Å²) in [6, 6.07) is 12.6. The standard InChI is InChI=1S/C24H29FN2O3S/c1-16-7-5-10-18(23(16)19-9-3-4-11-22(19)25)20-15-21(20)24(28)27-13-6-8-17(12-14-27)26-31(2,29)30/h3-5,7,9-11,17,20-21,26H,6,8,12-15H2,1-2H3/t17-,20-,21+/m0/s1. The highest BCUT2D eigenvalue weighted by Gasteiger charge is 2.47. The summed E-state index contributed by atoms with van der Waals surface area (Å²) in [4.78, 5) is 15.1. The van der Waals surface area contributed by atoms with E-state index in [1.54, 1.807) is 12.1 Å². The maximum atomic E-state index is 14.5. The van der Waals surface area contributed by atoms with Crippen molar-refractivity contribution in [3.05, 3.63) is 59.4 Å². The Morgan fingerprint density at radius 3 is 2.61 bits per heavy atom. The molecule has 2 aromatic rings. The molecule has 0 unspecified atom stereocenters. The molecule has 0 bridgehead atoms. The van der Waals surface area contributed by atoms with Gasteiger partial charge in [-0.25, -0.2) is 17.5 Å². The molecule has 0 aromatic heterocycles. The van der Waals surface area contributed by atoms with Crippen molar-refractivity contribution in [1.82, 2.24) is 9.62 Å². The summed E-state index contributed by atoms with van der Waals surface area (Å²) in [7, 11) is -3.25. The number of halogens is 1. The van der Waals surface area contributed by atoms with Gasteiger partial charge in [-0.1, -0.05) is 36.4 Å². The van der Waals surface area contributed by atoms with Crippen LogP contribution in [0.2, 0.25) is 0 Å². The summed E-state index contributed by atoms with van der Waals surface area (Å²) in [6.45, 7) is 3.19. The van der Waals surface area contributed by atoms with E-state index in [9.17, 15) is 17.6 Å². The number of carbonyl (C=O) groups excluding carboxylic acids is 1. The third-order valence-electron chi connectivity index (χ3n) is 6.38. The molecule has 1 saturated heterocycles. The lowest BCUT2D eigenvalue weighted by Crippen LogP contribution is -2.36. The Morgan fingerprint density at radius 1 is 1.10 bits per heavy atom. The first-order valence-electron chi connectivity index (χ1n) is 10.8. The first kappa shape index (κ1) is 22.0. The molecule has 1 aliphatic heterocycles. The Labute approximate surface area is 183 Å². The van der Waals surface area contributed by atoms with Gasteiger partial charge in [0.2, 0.25) is 15.9 Å². The number of likely N-dealkylation sites (tertiary alicyclic amines) is 1. The van der Waals surface area contributed by atoms with Gasteiger partial charge in [-0.3, -0.25) is 4.79 Å². The second-order valence-corrected chi connectivity index (χ2v) is 10.6. The normalized spacial score (nSPS) is 24.0. The van der Waals surface area contributed by atoms with Gasteiger partial charge in [0.1, 0.15) is 5.82 Å². The summed E-state index contributed by atoms with van der Waals surface area (Å²) in [5, 5.41) is 0. The third kappa shape index (κ3) is 4.99. The van der Waals surface area contributed by atoms with Gasteiger partial charge in [0, 0.05) is 30.6 Å². The average Bonchev–Trinajstić information content (AvgIpc) is 3.51. The van der Waals surface area contributed by atoms with Crippen LogP contribution in [0.5, 0.6) is 0 Å². The highest BCUT2D eigenvalue weighted by Crippen LogP contribution is 2.52. The predicted molar refractivity (Wildman–Crippen MR) is 120 cm³/mol. The monoisotopic (exact) mass is 444 g/mol. The molecule has 3 atom stereocenters. The quantitative estimate of drug-likeness (QED) is 0.762. The fourth-order valence-electron chi connectivity index (χ4n) is 4.81. The van der Waals surface area contributed by atoms with Crippen molar-refractivity contribution < 1.29 is 17.6 Å². The largest absolute Gasteiger partial charge is 0.342 e. The average molecular weight is 445 g/mol. The van der Waals surface area contributed by atoms with Crippen molar-refractivity contribution in [2.45, 2.75) is 44.6 Å². The number of amides is 1. The number of benzene rings is 2. The first-order valence-corrected chi connectivity index (χ1v) is 12.7. The molecular weight excluding hydrogens is 415 g/mol. The van der Waals surface area contributed by atoms with Crippen LogP contribution >= 0.6 is 0 Å². The zero-order chi connectivity index (χ0) is 22.2. The third-order valence-corrected chi connectivity index (χ3v) is 7.14. The minimum Gasteiger partial charge on any atom is -0.342 e. The molecule has 1 heterocycles. The summed E-state index contributed by atoms with van der Waals surface area (Å²) >= 11 is 0. The number of carbonyl (C=O) groups is 1. The molecule has 0 radical (unpaired) electrons. The van der Waals surface area contributed by atoms with Crippen molar-refractivity contribution in [3.8, 4) is 11.1 Å². The second kappa shape index (κ2) is 8.71. The summed E-state index contributed by atoms with van der Waals surface area (Å²) in [5.41, 5.74) is 3.52. The van der Waals surface area contributed by atoms with Gasteiger partial charge in [0.05, 0.1) is 6.26 Å². The van der Waals surface area contributed by atoms with E-state index in [-0.39, 0.29) is 29.6 Å². The number of aryl methyl sites for hydroxylation is 1. The van der Waals surface area contributed by atoms with Crippen LogP contribution < -0.4 is 4.72 Å². The van der Waals surface area contributed by atoms with Crippen molar-refractivity contribution in [2.24, 2.45) is 5.92 Å². The molecule has 0 spiro atoms. The number of nitrogens with one attached hydrogen (secondary N) is 1. The number of hydrogen-bond acceptors (Lipinski definition) is 3. The van der Waals surface area contributed by atoms with Crippen LogP contribution in [0.4, 0.5) is 4.39 Å². The summed E-state index contributed by atoms with van der Waals surface area (Å²) in [6.07, 6.45) is 4.08. The topological polar surface area (TPSA) is 66.5 Å². The molecule has 5 nitrogen and oxygen atoms in total. The van der Waals surface area contributed by atoms with E-state index >= 15 is 0 Å². The Balaban J connectivity index is 1.49. The fraction of sp³-hybridized carbons (Fsp3) is 0.458. The summed E-state index contributed by atoms with van der Waals surface area (Å²) < 4.78 is 40.3. The molecule has 31 heavy (non-hydrogen) atoms. The van der Waals surface area contributed by atoms with E-state index in [2.05, 4.69) is 4.72 Å². The van der Waals surface area contributed by atoms with Gasteiger partial charge in [-0.2, -0.15) is 0 Å². The number of hydrogen-bond donors (Lipinski definition) is 1. The van der Waals surface area contributed by atoms with Gasteiger partial charge < -0.3 is 4.90 Å². The molecule has 1 N–H and O–H groups in total.